The fourth-order valence-corrected chi connectivity index (χ4v) is 3.19. The third kappa shape index (κ3) is 2.97. The highest BCUT2D eigenvalue weighted by Gasteiger charge is 2.15. The SMILES string of the molecule is ONCc1cccc(C2CCSCC2)c1. The summed E-state index contributed by atoms with van der Waals surface area (Å²) in [5.74, 6) is 3.30. The molecule has 15 heavy (non-hydrogen) atoms. The van der Waals surface area contributed by atoms with Crippen LogP contribution in [0.25, 0.3) is 0 Å². The first-order valence-corrected chi connectivity index (χ1v) is 6.59. The highest BCUT2D eigenvalue weighted by atomic mass is 32.2. The van der Waals surface area contributed by atoms with Gasteiger partial charge in [-0.25, -0.2) is 5.48 Å². The maximum absolute atomic E-state index is 8.67. The van der Waals surface area contributed by atoms with E-state index in [2.05, 4.69) is 35.4 Å². The average molecular weight is 223 g/mol. The molecule has 1 saturated heterocycles. The molecule has 1 aromatic rings. The second kappa shape index (κ2) is 5.54. The Morgan fingerprint density at radius 3 is 2.87 bits per heavy atom. The summed E-state index contributed by atoms with van der Waals surface area (Å²) < 4.78 is 0. The molecule has 1 aliphatic rings. The number of nitrogens with one attached hydrogen (secondary N) is 1. The first kappa shape index (κ1) is 11.0. The Labute approximate surface area is 95.0 Å². The highest BCUT2D eigenvalue weighted by molar-refractivity contribution is 7.99. The normalized spacial score (nSPS) is 17.9. The van der Waals surface area contributed by atoms with Crippen LogP contribution < -0.4 is 5.48 Å². The van der Waals surface area contributed by atoms with Crippen molar-refractivity contribution in [3.05, 3.63) is 35.4 Å². The Kier molecular flexibility index (Phi) is 4.06. The van der Waals surface area contributed by atoms with Crippen LogP contribution in [0, 0.1) is 0 Å². The molecule has 2 N–H and O–H groups in total. The Bertz CT molecular complexity index is 310. The van der Waals surface area contributed by atoms with Gasteiger partial charge in [0, 0.05) is 6.54 Å². The molecule has 82 valence electrons. The van der Waals surface area contributed by atoms with Gasteiger partial charge in [-0.15, -0.1) is 0 Å². The van der Waals surface area contributed by atoms with E-state index < -0.39 is 0 Å². The number of hydrogen-bond donors (Lipinski definition) is 2. The maximum Gasteiger partial charge on any atom is 0.0458 e. The van der Waals surface area contributed by atoms with Gasteiger partial charge in [-0.2, -0.15) is 11.8 Å². The lowest BCUT2D eigenvalue weighted by atomic mass is 9.92. The van der Waals surface area contributed by atoms with Gasteiger partial charge >= 0.3 is 0 Å². The smallest absolute Gasteiger partial charge is 0.0458 e. The molecule has 2 nitrogen and oxygen atoms in total. The molecular formula is C12H17NOS. The van der Waals surface area contributed by atoms with Gasteiger partial charge in [0.15, 0.2) is 0 Å². The fraction of sp³-hybridized carbons (Fsp3) is 0.500. The Morgan fingerprint density at radius 1 is 1.33 bits per heavy atom. The molecule has 0 atom stereocenters. The molecular weight excluding hydrogens is 206 g/mol. The second-order valence-electron chi connectivity index (χ2n) is 3.97. The van der Waals surface area contributed by atoms with Crippen molar-refractivity contribution in [3.8, 4) is 0 Å². The zero-order chi connectivity index (χ0) is 10.5. The lowest BCUT2D eigenvalue weighted by Gasteiger charge is -2.22. The van der Waals surface area contributed by atoms with E-state index in [-0.39, 0.29) is 0 Å². The van der Waals surface area contributed by atoms with Crippen molar-refractivity contribution in [3.63, 3.8) is 0 Å². The summed E-state index contributed by atoms with van der Waals surface area (Å²) in [5, 5.41) is 8.67. The molecule has 0 amide bonds. The molecule has 0 aromatic heterocycles. The third-order valence-electron chi connectivity index (χ3n) is 2.93. The summed E-state index contributed by atoms with van der Waals surface area (Å²) in [6, 6.07) is 8.56. The van der Waals surface area contributed by atoms with E-state index in [4.69, 9.17) is 5.21 Å². The molecule has 0 aliphatic carbocycles. The number of hydrogen-bond acceptors (Lipinski definition) is 3. The van der Waals surface area contributed by atoms with Gasteiger partial charge in [0.05, 0.1) is 0 Å². The Morgan fingerprint density at radius 2 is 2.13 bits per heavy atom. The summed E-state index contributed by atoms with van der Waals surface area (Å²) in [5.41, 5.74) is 4.80. The minimum atomic E-state index is 0.537. The van der Waals surface area contributed by atoms with Crippen LogP contribution in [0.2, 0.25) is 0 Å². The minimum Gasteiger partial charge on any atom is -0.316 e. The predicted octanol–water partition coefficient (Wildman–Crippen LogP) is 2.78. The van der Waals surface area contributed by atoms with Crippen LogP contribution in [0.1, 0.15) is 29.9 Å². The summed E-state index contributed by atoms with van der Waals surface area (Å²) in [4.78, 5) is 0. The van der Waals surface area contributed by atoms with E-state index in [0.717, 1.165) is 11.5 Å². The van der Waals surface area contributed by atoms with Gasteiger partial charge in [0.1, 0.15) is 0 Å². The lowest BCUT2D eigenvalue weighted by molar-refractivity contribution is 0.161. The zero-order valence-electron chi connectivity index (χ0n) is 8.78. The first-order chi connectivity index (χ1) is 7.40. The van der Waals surface area contributed by atoms with Crippen LogP contribution in [-0.2, 0) is 6.54 Å². The van der Waals surface area contributed by atoms with E-state index in [9.17, 15) is 0 Å². The largest absolute Gasteiger partial charge is 0.316 e. The van der Waals surface area contributed by atoms with E-state index in [1.165, 1.54) is 29.9 Å². The number of thioether (sulfide) groups is 1. The molecule has 0 unspecified atom stereocenters. The molecule has 1 heterocycles. The molecule has 3 heteroatoms. The monoisotopic (exact) mass is 223 g/mol. The van der Waals surface area contributed by atoms with Crippen LogP contribution in [0.5, 0.6) is 0 Å². The van der Waals surface area contributed by atoms with Crippen LogP contribution in [0.15, 0.2) is 24.3 Å². The fourth-order valence-electron chi connectivity index (χ4n) is 2.08. The molecule has 0 bridgehead atoms. The van der Waals surface area contributed by atoms with Gasteiger partial charge in [-0.3, -0.25) is 0 Å². The standard InChI is InChI=1S/C12H17NOS/c14-13-9-10-2-1-3-12(8-10)11-4-6-15-7-5-11/h1-3,8,11,13-14H,4-7,9H2. The quantitative estimate of drug-likeness (QED) is 0.773. The number of benzene rings is 1. The van der Waals surface area contributed by atoms with Crippen molar-refractivity contribution in [1.29, 1.82) is 0 Å². The van der Waals surface area contributed by atoms with E-state index in [1.807, 2.05) is 6.07 Å². The van der Waals surface area contributed by atoms with Gasteiger partial charge in [0.25, 0.3) is 0 Å². The second-order valence-corrected chi connectivity index (χ2v) is 5.19. The molecule has 2 rings (SSSR count). The zero-order valence-corrected chi connectivity index (χ0v) is 9.59. The number of rotatable bonds is 3. The molecule has 0 saturated carbocycles. The van der Waals surface area contributed by atoms with Crippen molar-refractivity contribution < 1.29 is 5.21 Å². The van der Waals surface area contributed by atoms with Crippen molar-refractivity contribution >= 4 is 11.8 Å². The van der Waals surface area contributed by atoms with E-state index >= 15 is 0 Å². The van der Waals surface area contributed by atoms with Crippen LogP contribution >= 0.6 is 11.8 Å². The average Bonchev–Trinajstić information content (AvgIpc) is 2.31. The van der Waals surface area contributed by atoms with Crippen molar-refractivity contribution in [1.82, 2.24) is 5.48 Å². The van der Waals surface area contributed by atoms with Crippen molar-refractivity contribution in [2.24, 2.45) is 0 Å². The first-order valence-electron chi connectivity index (χ1n) is 5.43. The van der Waals surface area contributed by atoms with Crippen LogP contribution in [0.4, 0.5) is 0 Å². The van der Waals surface area contributed by atoms with E-state index in [0.29, 0.717) is 6.54 Å². The molecule has 1 aliphatic heterocycles. The third-order valence-corrected chi connectivity index (χ3v) is 3.98. The Hall–Kier alpha value is -0.510. The molecule has 1 aromatic carbocycles. The van der Waals surface area contributed by atoms with Gasteiger partial charge in [-0.1, -0.05) is 24.3 Å². The number of hydroxylamine groups is 1. The summed E-state index contributed by atoms with van der Waals surface area (Å²) in [7, 11) is 0. The molecule has 0 radical (unpaired) electrons. The summed E-state index contributed by atoms with van der Waals surface area (Å²) in [6.07, 6.45) is 2.58. The summed E-state index contributed by atoms with van der Waals surface area (Å²) >= 11 is 2.06. The van der Waals surface area contributed by atoms with E-state index in [1.54, 1.807) is 0 Å². The summed E-state index contributed by atoms with van der Waals surface area (Å²) in [6.45, 7) is 0.537. The van der Waals surface area contributed by atoms with Crippen LogP contribution in [-0.4, -0.2) is 16.7 Å². The maximum atomic E-state index is 8.67. The lowest BCUT2D eigenvalue weighted by Crippen LogP contribution is -2.10. The van der Waals surface area contributed by atoms with Crippen molar-refractivity contribution in [2.45, 2.75) is 25.3 Å². The van der Waals surface area contributed by atoms with Gasteiger partial charge in [-0.05, 0) is 41.4 Å². The van der Waals surface area contributed by atoms with Gasteiger partial charge in [0.2, 0.25) is 0 Å². The van der Waals surface area contributed by atoms with Crippen LogP contribution in [0.3, 0.4) is 0 Å². The molecule has 1 fully saturated rings. The van der Waals surface area contributed by atoms with Crippen molar-refractivity contribution in [2.75, 3.05) is 11.5 Å². The minimum absolute atomic E-state index is 0.537. The molecule has 0 spiro atoms. The Balaban J connectivity index is 2.09. The highest BCUT2D eigenvalue weighted by Crippen LogP contribution is 2.31. The topological polar surface area (TPSA) is 32.3 Å². The predicted molar refractivity (Wildman–Crippen MR) is 64.4 cm³/mol. The van der Waals surface area contributed by atoms with Gasteiger partial charge < -0.3 is 5.21 Å².